The largest absolute Gasteiger partial charge is 0.505 e. The van der Waals surface area contributed by atoms with Crippen LogP contribution in [-0.2, 0) is 34.1 Å². The predicted molar refractivity (Wildman–Crippen MR) is 98.5 cm³/mol. The van der Waals surface area contributed by atoms with E-state index in [0.29, 0.717) is 13.2 Å². The highest BCUT2D eigenvalue weighted by Gasteiger charge is 1.96. The van der Waals surface area contributed by atoms with Crippen molar-refractivity contribution in [2.75, 3.05) is 33.9 Å². The van der Waals surface area contributed by atoms with Gasteiger partial charge in [-0.2, -0.15) is 0 Å². The predicted octanol–water partition coefficient (Wildman–Crippen LogP) is 5.05. The summed E-state index contributed by atoms with van der Waals surface area (Å²) < 4.78 is 4.31. The molecule has 1 fully saturated rings. The minimum Gasteiger partial charge on any atom is -0.505 e. The van der Waals surface area contributed by atoms with Crippen molar-refractivity contribution in [1.29, 1.82) is 0 Å². The lowest BCUT2D eigenvalue weighted by molar-refractivity contribution is -0.434. The van der Waals surface area contributed by atoms with Gasteiger partial charge in [-0.05, 0) is 0 Å². The average molecular weight is 379 g/mol. The van der Waals surface area contributed by atoms with Crippen molar-refractivity contribution in [1.82, 2.24) is 0 Å². The molecule has 160 valence electrons. The van der Waals surface area contributed by atoms with Crippen LogP contribution in [0.3, 0.4) is 0 Å². The molecule has 0 unspecified atom stereocenters. The Morgan fingerprint density at radius 2 is 1.32 bits per heavy atom. The molecule has 0 aromatic heterocycles. The van der Waals surface area contributed by atoms with E-state index < -0.39 is 6.79 Å². The number of methoxy groups -OCH3 is 1. The van der Waals surface area contributed by atoms with E-state index in [4.69, 9.17) is 10.5 Å². The van der Waals surface area contributed by atoms with Crippen molar-refractivity contribution in [3.63, 3.8) is 0 Å². The standard InChI is InChI=1S/C5H12.C4H8O4.C3H6O.CH4O4.3CH4/c1-3-5-4-2;1-2-5-7-4-8-6-3-1;1-3-4-2;2-4-1-5-3;;;/h3-5H2,1-2H3;1-4H2;3H,1H2,2H3;2-3H,1H2;3*1H4. The minimum atomic E-state index is -0.500. The second kappa shape index (κ2) is 49.5. The zero-order chi connectivity index (χ0) is 17.3. The van der Waals surface area contributed by atoms with Crippen LogP contribution >= 0.6 is 0 Å². The molecule has 0 saturated carbocycles. The lowest BCUT2D eigenvalue weighted by Gasteiger charge is -2.07. The molecule has 9 nitrogen and oxygen atoms in total. The Bertz CT molecular complexity index is 138. The van der Waals surface area contributed by atoms with Gasteiger partial charge in [0.2, 0.25) is 13.6 Å². The van der Waals surface area contributed by atoms with Crippen molar-refractivity contribution in [2.45, 2.75) is 61.8 Å². The third-order valence-corrected chi connectivity index (χ3v) is 1.70. The first-order chi connectivity index (χ1) is 10.7. The van der Waals surface area contributed by atoms with E-state index in [-0.39, 0.29) is 29.1 Å². The Morgan fingerprint density at radius 1 is 0.920 bits per heavy atom. The summed E-state index contributed by atoms with van der Waals surface area (Å²) in [5, 5.41) is 14.6. The maximum atomic E-state index is 7.28. The summed E-state index contributed by atoms with van der Waals surface area (Å²) in [6.45, 7) is 8.38. The smallest absolute Gasteiger partial charge is 0.214 e. The molecule has 0 amide bonds. The van der Waals surface area contributed by atoms with Crippen molar-refractivity contribution in [2.24, 2.45) is 0 Å². The van der Waals surface area contributed by atoms with Gasteiger partial charge < -0.3 is 4.74 Å². The highest BCUT2D eigenvalue weighted by atomic mass is 17.3. The fraction of sp³-hybridized carbons (Fsp3) is 0.875. The second-order valence-corrected chi connectivity index (χ2v) is 3.48. The number of unbranched alkanes of at least 4 members (excludes halogenated alkanes) is 2. The zero-order valence-electron chi connectivity index (χ0n) is 13.7. The molecule has 2 N–H and O–H groups in total. The van der Waals surface area contributed by atoms with Gasteiger partial charge in [-0.3, -0.25) is 0 Å². The molecule has 0 radical (unpaired) electrons. The fourth-order valence-corrected chi connectivity index (χ4v) is 0.759. The molecule has 0 spiro atoms. The van der Waals surface area contributed by atoms with Gasteiger partial charge in [-0.1, -0.05) is 62.0 Å². The molecule has 1 heterocycles. The third kappa shape index (κ3) is 70.0. The summed E-state index contributed by atoms with van der Waals surface area (Å²) in [6.07, 6.45) is 6.26. The molecule has 0 bridgehead atoms. The Morgan fingerprint density at radius 3 is 1.52 bits per heavy atom. The topological polar surface area (TPSA) is 105 Å². The van der Waals surface area contributed by atoms with Gasteiger partial charge in [0.05, 0.1) is 26.6 Å². The molecule has 0 aromatic carbocycles. The summed E-state index contributed by atoms with van der Waals surface area (Å²) in [6, 6.07) is 0. The maximum absolute atomic E-state index is 7.28. The third-order valence-electron chi connectivity index (χ3n) is 1.70. The van der Waals surface area contributed by atoms with E-state index in [1.165, 1.54) is 25.5 Å². The average Bonchev–Trinajstić information content (AvgIpc) is 2.50. The van der Waals surface area contributed by atoms with E-state index in [0.717, 1.165) is 6.42 Å². The quantitative estimate of drug-likeness (QED) is 0.294. The molecule has 0 aliphatic carbocycles. The van der Waals surface area contributed by atoms with E-state index >= 15 is 0 Å². The summed E-state index contributed by atoms with van der Waals surface area (Å²) in [4.78, 5) is 24.4. The lowest BCUT2D eigenvalue weighted by Crippen LogP contribution is -2.10. The Kier molecular flexibility index (Phi) is 77.9. The molecule has 9 heteroatoms. The molecule has 1 aliphatic heterocycles. The van der Waals surface area contributed by atoms with E-state index in [1.807, 2.05) is 0 Å². The first-order valence-electron chi connectivity index (χ1n) is 6.90. The van der Waals surface area contributed by atoms with E-state index in [9.17, 15) is 0 Å². The SMILES string of the molecule is C.C.C.C1COOCOOC1.C=COC.CCCCC.OOCOO. The van der Waals surface area contributed by atoms with E-state index in [2.05, 4.69) is 54.5 Å². The van der Waals surface area contributed by atoms with Gasteiger partial charge in [0, 0.05) is 6.42 Å². The van der Waals surface area contributed by atoms with Crippen molar-refractivity contribution >= 4 is 0 Å². The molecule has 0 aromatic rings. The van der Waals surface area contributed by atoms with Crippen LogP contribution < -0.4 is 0 Å². The summed E-state index contributed by atoms with van der Waals surface area (Å²) >= 11 is 0. The molecular weight excluding hydrogens is 336 g/mol. The van der Waals surface area contributed by atoms with Gasteiger partial charge >= 0.3 is 0 Å². The number of rotatable bonds is 5. The van der Waals surface area contributed by atoms with Gasteiger partial charge in [0.25, 0.3) is 0 Å². The number of hydrogen-bond donors (Lipinski definition) is 2. The fourth-order valence-electron chi connectivity index (χ4n) is 0.759. The first-order valence-corrected chi connectivity index (χ1v) is 6.90. The van der Waals surface area contributed by atoms with Crippen LogP contribution in [0, 0.1) is 0 Å². The van der Waals surface area contributed by atoms with Gasteiger partial charge in [-0.15, -0.1) is 0 Å². The summed E-state index contributed by atoms with van der Waals surface area (Å²) in [5.41, 5.74) is 0. The Balaban J connectivity index is -0.0000000481. The van der Waals surface area contributed by atoms with Crippen LogP contribution in [0.4, 0.5) is 0 Å². The Labute approximate surface area is 154 Å². The highest BCUT2D eigenvalue weighted by molar-refractivity contribution is 4.43. The molecule has 0 atom stereocenters. The number of ether oxygens (including phenoxy) is 1. The Hall–Kier alpha value is -0.780. The van der Waals surface area contributed by atoms with Crippen molar-refractivity contribution < 1.29 is 44.6 Å². The normalized spacial score (nSPS) is 11.9. The van der Waals surface area contributed by atoms with Gasteiger partial charge in [0.15, 0.2) is 0 Å². The van der Waals surface area contributed by atoms with E-state index in [1.54, 1.807) is 7.11 Å². The first kappa shape index (κ1) is 39.3. The second-order valence-electron chi connectivity index (χ2n) is 3.48. The summed E-state index contributed by atoms with van der Waals surface area (Å²) in [5.74, 6) is 0. The molecule has 25 heavy (non-hydrogen) atoms. The maximum Gasteiger partial charge on any atom is 0.214 e. The van der Waals surface area contributed by atoms with Gasteiger partial charge in [-0.25, -0.2) is 39.8 Å². The van der Waals surface area contributed by atoms with Crippen LogP contribution in [-0.4, -0.2) is 44.4 Å². The van der Waals surface area contributed by atoms with Crippen molar-refractivity contribution in [3.8, 4) is 0 Å². The summed E-state index contributed by atoms with van der Waals surface area (Å²) in [7, 11) is 1.56. The van der Waals surface area contributed by atoms with Crippen molar-refractivity contribution in [3.05, 3.63) is 12.8 Å². The van der Waals surface area contributed by atoms with Crippen LogP contribution in [0.1, 0.15) is 61.8 Å². The number of hydrogen-bond acceptors (Lipinski definition) is 9. The molecular formula is C16H42O9. The molecule has 1 rings (SSSR count). The molecule has 1 aliphatic rings. The van der Waals surface area contributed by atoms with Crippen LogP contribution in [0.25, 0.3) is 0 Å². The van der Waals surface area contributed by atoms with Gasteiger partial charge in [0.1, 0.15) is 0 Å². The molecule has 1 saturated heterocycles. The zero-order valence-corrected chi connectivity index (χ0v) is 13.7. The lowest BCUT2D eigenvalue weighted by atomic mass is 10.3. The minimum absolute atomic E-state index is 0. The monoisotopic (exact) mass is 378 g/mol. The van der Waals surface area contributed by atoms with Crippen LogP contribution in [0.15, 0.2) is 12.8 Å². The highest BCUT2D eigenvalue weighted by Crippen LogP contribution is 1.92. The van der Waals surface area contributed by atoms with Crippen LogP contribution in [0.5, 0.6) is 0 Å². The van der Waals surface area contributed by atoms with Crippen LogP contribution in [0.2, 0.25) is 0 Å².